The van der Waals surface area contributed by atoms with Gasteiger partial charge >= 0.3 is 11.9 Å². The first-order chi connectivity index (χ1) is 6.99. The van der Waals surface area contributed by atoms with E-state index in [2.05, 4.69) is 0 Å². The monoisotopic (exact) mass is 234 g/mol. The number of thioether (sulfide) groups is 1. The summed E-state index contributed by atoms with van der Waals surface area (Å²) in [5.74, 6) is -1.64. The summed E-state index contributed by atoms with van der Waals surface area (Å²) in [6.07, 6.45) is 1.73. The Morgan fingerprint density at radius 1 is 1.00 bits per heavy atom. The quantitative estimate of drug-likeness (QED) is 0.673. The van der Waals surface area contributed by atoms with Gasteiger partial charge in [-0.3, -0.25) is 9.59 Å². The first-order valence-corrected chi connectivity index (χ1v) is 6.02. The summed E-state index contributed by atoms with van der Waals surface area (Å²) in [4.78, 5) is 21.1. The summed E-state index contributed by atoms with van der Waals surface area (Å²) in [7, 11) is 0. The first kappa shape index (κ1) is 14.3. The van der Waals surface area contributed by atoms with Crippen molar-refractivity contribution in [2.45, 2.75) is 50.0 Å². The second-order valence-corrected chi connectivity index (χ2v) is 5.00. The number of rotatable bonds is 8. The largest absolute Gasteiger partial charge is 0.481 e. The van der Waals surface area contributed by atoms with E-state index in [4.69, 9.17) is 10.2 Å². The number of carbonyl (C=O) groups is 2. The molecule has 0 aliphatic heterocycles. The van der Waals surface area contributed by atoms with Crippen LogP contribution in [0.5, 0.6) is 0 Å². The molecule has 0 saturated carbocycles. The van der Waals surface area contributed by atoms with Crippen LogP contribution >= 0.6 is 11.8 Å². The zero-order chi connectivity index (χ0) is 11.8. The van der Waals surface area contributed by atoms with E-state index in [1.165, 1.54) is 11.8 Å². The second kappa shape index (κ2) is 7.56. The lowest BCUT2D eigenvalue weighted by Crippen LogP contribution is -2.16. The third-order valence-electron chi connectivity index (χ3n) is 2.10. The second-order valence-electron chi connectivity index (χ2n) is 3.39. The van der Waals surface area contributed by atoms with Gasteiger partial charge in [-0.15, -0.1) is 0 Å². The van der Waals surface area contributed by atoms with Crippen LogP contribution < -0.4 is 0 Å². The first-order valence-electron chi connectivity index (χ1n) is 5.08. The zero-order valence-corrected chi connectivity index (χ0v) is 9.92. The van der Waals surface area contributed by atoms with Crippen molar-refractivity contribution in [1.82, 2.24) is 0 Å². The normalized spacial score (nSPS) is 14.5. The highest BCUT2D eigenvalue weighted by Crippen LogP contribution is 2.27. The summed E-state index contributed by atoms with van der Waals surface area (Å²) in [5.41, 5.74) is 0. The van der Waals surface area contributed by atoms with E-state index in [-0.39, 0.29) is 23.3 Å². The maximum absolute atomic E-state index is 10.5. The fourth-order valence-corrected chi connectivity index (χ4v) is 2.65. The lowest BCUT2D eigenvalue weighted by atomic mass is 10.2. The molecule has 0 bridgehead atoms. The van der Waals surface area contributed by atoms with E-state index in [0.29, 0.717) is 0 Å². The SMILES string of the molecule is CCC(CC(=O)O)SC(CC)CC(=O)O. The van der Waals surface area contributed by atoms with Gasteiger partial charge in [0.2, 0.25) is 0 Å². The third kappa shape index (κ3) is 7.25. The minimum Gasteiger partial charge on any atom is -0.481 e. The Morgan fingerprint density at radius 2 is 1.33 bits per heavy atom. The van der Waals surface area contributed by atoms with Gasteiger partial charge in [0.1, 0.15) is 0 Å². The van der Waals surface area contributed by atoms with Crippen molar-refractivity contribution in [2.24, 2.45) is 0 Å². The van der Waals surface area contributed by atoms with Gasteiger partial charge < -0.3 is 10.2 Å². The van der Waals surface area contributed by atoms with E-state index in [1.54, 1.807) is 0 Å². The lowest BCUT2D eigenvalue weighted by molar-refractivity contribution is -0.137. The molecule has 0 amide bonds. The molecular formula is C10H18O4S. The van der Waals surface area contributed by atoms with Crippen LogP contribution in [-0.2, 0) is 9.59 Å². The number of carboxylic acids is 2. The van der Waals surface area contributed by atoms with Crippen molar-refractivity contribution in [2.75, 3.05) is 0 Å². The molecule has 0 heterocycles. The maximum Gasteiger partial charge on any atom is 0.304 e. The minimum atomic E-state index is -0.820. The maximum atomic E-state index is 10.5. The topological polar surface area (TPSA) is 74.6 Å². The van der Waals surface area contributed by atoms with Gasteiger partial charge in [-0.1, -0.05) is 13.8 Å². The highest BCUT2D eigenvalue weighted by molar-refractivity contribution is 8.00. The Hall–Kier alpha value is -0.710. The Bertz CT molecular complexity index is 195. The van der Waals surface area contributed by atoms with E-state index in [1.807, 2.05) is 13.8 Å². The molecular weight excluding hydrogens is 216 g/mol. The fourth-order valence-electron chi connectivity index (χ4n) is 1.24. The molecule has 0 aliphatic rings. The van der Waals surface area contributed by atoms with Crippen molar-refractivity contribution in [3.8, 4) is 0 Å². The van der Waals surface area contributed by atoms with Gasteiger partial charge in [0, 0.05) is 10.5 Å². The fraction of sp³-hybridized carbons (Fsp3) is 0.800. The molecule has 4 nitrogen and oxygen atoms in total. The summed E-state index contributed by atoms with van der Waals surface area (Å²) in [5, 5.41) is 17.3. The van der Waals surface area contributed by atoms with Crippen molar-refractivity contribution in [1.29, 1.82) is 0 Å². The Labute approximate surface area is 94.1 Å². The average molecular weight is 234 g/mol. The van der Waals surface area contributed by atoms with Crippen LogP contribution in [0.3, 0.4) is 0 Å². The molecule has 0 spiro atoms. The van der Waals surface area contributed by atoms with E-state index >= 15 is 0 Å². The molecule has 0 aromatic heterocycles. The van der Waals surface area contributed by atoms with Crippen LogP contribution in [0.25, 0.3) is 0 Å². The van der Waals surface area contributed by atoms with Crippen molar-refractivity contribution < 1.29 is 19.8 Å². The molecule has 2 atom stereocenters. The van der Waals surface area contributed by atoms with Crippen molar-refractivity contribution in [3.05, 3.63) is 0 Å². The lowest BCUT2D eigenvalue weighted by Gasteiger charge is -2.18. The summed E-state index contributed by atoms with van der Waals surface area (Å²) >= 11 is 1.48. The molecule has 0 aromatic rings. The van der Waals surface area contributed by atoms with Crippen molar-refractivity contribution >= 4 is 23.7 Å². The highest BCUT2D eigenvalue weighted by Gasteiger charge is 2.19. The zero-order valence-electron chi connectivity index (χ0n) is 9.10. The van der Waals surface area contributed by atoms with Crippen molar-refractivity contribution in [3.63, 3.8) is 0 Å². The number of carboxylic acid groups (broad SMARTS) is 2. The molecule has 0 aromatic carbocycles. The predicted molar refractivity (Wildman–Crippen MR) is 60.3 cm³/mol. The number of hydrogen-bond acceptors (Lipinski definition) is 3. The summed E-state index contributed by atoms with van der Waals surface area (Å²) in [6, 6.07) is 0. The van der Waals surface area contributed by atoms with E-state index < -0.39 is 11.9 Å². The van der Waals surface area contributed by atoms with E-state index in [9.17, 15) is 9.59 Å². The van der Waals surface area contributed by atoms with Crippen LogP contribution in [0.1, 0.15) is 39.5 Å². The van der Waals surface area contributed by atoms with Gasteiger partial charge in [0.05, 0.1) is 12.8 Å². The molecule has 0 rings (SSSR count). The molecule has 2 N–H and O–H groups in total. The van der Waals surface area contributed by atoms with E-state index in [0.717, 1.165) is 12.8 Å². The highest BCUT2D eigenvalue weighted by atomic mass is 32.2. The van der Waals surface area contributed by atoms with Gasteiger partial charge in [-0.05, 0) is 12.8 Å². The van der Waals surface area contributed by atoms with Gasteiger partial charge in [-0.25, -0.2) is 0 Å². The summed E-state index contributed by atoms with van der Waals surface area (Å²) < 4.78 is 0. The van der Waals surface area contributed by atoms with Crippen LogP contribution in [0.15, 0.2) is 0 Å². The summed E-state index contributed by atoms with van der Waals surface area (Å²) in [6.45, 7) is 3.85. The smallest absolute Gasteiger partial charge is 0.304 e. The minimum absolute atomic E-state index is 0.0202. The van der Waals surface area contributed by atoms with Crippen LogP contribution in [-0.4, -0.2) is 32.7 Å². The average Bonchev–Trinajstić information content (AvgIpc) is 2.14. The van der Waals surface area contributed by atoms with Gasteiger partial charge in [0.25, 0.3) is 0 Å². The molecule has 5 heteroatoms. The number of hydrogen-bond donors (Lipinski definition) is 2. The van der Waals surface area contributed by atoms with Crippen LogP contribution in [0, 0.1) is 0 Å². The van der Waals surface area contributed by atoms with Crippen LogP contribution in [0.4, 0.5) is 0 Å². The molecule has 0 saturated heterocycles. The van der Waals surface area contributed by atoms with Gasteiger partial charge in [-0.2, -0.15) is 11.8 Å². The Morgan fingerprint density at radius 3 is 1.53 bits per heavy atom. The molecule has 15 heavy (non-hydrogen) atoms. The molecule has 2 unspecified atom stereocenters. The molecule has 0 radical (unpaired) electrons. The predicted octanol–water partition coefficient (Wildman–Crippen LogP) is 2.23. The third-order valence-corrected chi connectivity index (χ3v) is 3.87. The standard InChI is InChI=1S/C10H18O4S/c1-3-7(5-9(11)12)15-8(4-2)6-10(13)14/h7-8H,3-6H2,1-2H3,(H,11,12)(H,13,14). The number of aliphatic carboxylic acids is 2. The Kier molecular flexibility index (Phi) is 7.21. The molecule has 0 aliphatic carbocycles. The Balaban J connectivity index is 4.10. The molecule has 88 valence electrons. The van der Waals surface area contributed by atoms with Crippen LogP contribution in [0.2, 0.25) is 0 Å². The van der Waals surface area contributed by atoms with Gasteiger partial charge in [0.15, 0.2) is 0 Å². The molecule has 0 fully saturated rings.